The van der Waals surface area contributed by atoms with Crippen molar-refractivity contribution in [2.45, 2.75) is 19.0 Å². The van der Waals surface area contributed by atoms with Gasteiger partial charge >= 0.3 is 5.97 Å². The molecule has 1 rings (SSSR count). The van der Waals surface area contributed by atoms with E-state index in [0.717, 1.165) is 13.1 Å². The first-order valence-electron chi connectivity index (χ1n) is 3.78. The Bertz CT molecular complexity index is 145. The van der Waals surface area contributed by atoms with E-state index in [9.17, 15) is 4.79 Å². The van der Waals surface area contributed by atoms with Gasteiger partial charge in [-0.25, -0.2) is 0 Å². The van der Waals surface area contributed by atoms with Crippen molar-refractivity contribution in [3.63, 3.8) is 0 Å². The van der Waals surface area contributed by atoms with E-state index in [4.69, 9.17) is 0 Å². The standard InChI is InChI=1S/C7H14N2O2/c1-5(7(10)11-2)9-6-3-8-4-6/h5-6,8-9H,3-4H2,1-2H3. The van der Waals surface area contributed by atoms with Crippen LogP contribution in [0.2, 0.25) is 0 Å². The number of esters is 1. The Balaban J connectivity index is 2.18. The quantitative estimate of drug-likeness (QED) is 0.523. The molecule has 0 aliphatic carbocycles. The summed E-state index contributed by atoms with van der Waals surface area (Å²) in [5, 5.41) is 6.24. The average molecular weight is 158 g/mol. The van der Waals surface area contributed by atoms with Gasteiger partial charge in [-0.05, 0) is 6.92 Å². The molecule has 1 heterocycles. The Kier molecular flexibility index (Phi) is 2.84. The van der Waals surface area contributed by atoms with E-state index in [1.807, 2.05) is 6.92 Å². The largest absolute Gasteiger partial charge is 0.468 e. The molecule has 1 atom stereocenters. The molecule has 0 amide bonds. The van der Waals surface area contributed by atoms with E-state index in [0.29, 0.717) is 6.04 Å². The van der Waals surface area contributed by atoms with Gasteiger partial charge < -0.3 is 10.1 Å². The van der Waals surface area contributed by atoms with Crippen LogP contribution in [0.3, 0.4) is 0 Å². The molecule has 4 heteroatoms. The van der Waals surface area contributed by atoms with Crippen molar-refractivity contribution in [3.8, 4) is 0 Å². The Morgan fingerprint density at radius 1 is 1.73 bits per heavy atom. The van der Waals surface area contributed by atoms with Crippen LogP contribution in [-0.4, -0.2) is 38.3 Å². The first kappa shape index (κ1) is 8.49. The van der Waals surface area contributed by atoms with Gasteiger partial charge in [0, 0.05) is 19.1 Å². The summed E-state index contributed by atoms with van der Waals surface area (Å²) in [6.45, 7) is 3.70. The summed E-state index contributed by atoms with van der Waals surface area (Å²) in [6.07, 6.45) is 0. The second kappa shape index (κ2) is 3.69. The van der Waals surface area contributed by atoms with Gasteiger partial charge in [0.25, 0.3) is 0 Å². The highest BCUT2D eigenvalue weighted by Crippen LogP contribution is 1.94. The number of carbonyl (C=O) groups excluding carboxylic acids is 1. The summed E-state index contributed by atoms with van der Waals surface area (Å²) >= 11 is 0. The topological polar surface area (TPSA) is 50.4 Å². The van der Waals surface area contributed by atoms with Crippen molar-refractivity contribution in [3.05, 3.63) is 0 Å². The van der Waals surface area contributed by atoms with E-state index >= 15 is 0 Å². The summed E-state index contributed by atoms with van der Waals surface area (Å²) in [5.41, 5.74) is 0. The molecule has 0 radical (unpaired) electrons. The van der Waals surface area contributed by atoms with Crippen molar-refractivity contribution in [2.75, 3.05) is 20.2 Å². The Labute approximate surface area is 66.3 Å². The van der Waals surface area contributed by atoms with E-state index in [1.165, 1.54) is 7.11 Å². The highest BCUT2D eigenvalue weighted by Gasteiger charge is 2.21. The third kappa shape index (κ3) is 2.17. The minimum Gasteiger partial charge on any atom is -0.468 e. The normalized spacial score (nSPS) is 20.5. The van der Waals surface area contributed by atoms with Crippen LogP contribution in [0.5, 0.6) is 0 Å². The number of rotatable bonds is 3. The van der Waals surface area contributed by atoms with Crippen LogP contribution in [-0.2, 0) is 9.53 Å². The maximum absolute atomic E-state index is 10.9. The molecular formula is C7H14N2O2. The van der Waals surface area contributed by atoms with Crippen LogP contribution in [0.1, 0.15) is 6.92 Å². The maximum atomic E-state index is 10.9. The number of ether oxygens (including phenoxy) is 1. The molecule has 64 valence electrons. The van der Waals surface area contributed by atoms with E-state index in [1.54, 1.807) is 0 Å². The molecule has 0 aromatic heterocycles. The molecule has 4 nitrogen and oxygen atoms in total. The van der Waals surface area contributed by atoms with Crippen molar-refractivity contribution < 1.29 is 9.53 Å². The maximum Gasteiger partial charge on any atom is 0.322 e. The second-order valence-electron chi connectivity index (χ2n) is 2.77. The molecule has 11 heavy (non-hydrogen) atoms. The fraction of sp³-hybridized carbons (Fsp3) is 0.857. The van der Waals surface area contributed by atoms with Crippen molar-refractivity contribution >= 4 is 5.97 Å². The lowest BCUT2D eigenvalue weighted by atomic mass is 10.1. The van der Waals surface area contributed by atoms with E-state index in [2.05, 4.69) is 15.4 Å². The lowest BCUT2D eigenvalue weighted by molar-refractivity contribution is -0.142. The molecule has 0 bridgehead atoms. The first-order chi connectivity index (χ1) is 5.24. The molecule has 0 spiro atoms. The molecule has 1 unspecified atom stereocenters. The van der Waals surface area contributed by atoms with Crippen LogP contribution in [0.25, 0.3) is 0 Å². The molecule has 0 aromatic carbocycles. The fourth-order valence-electron chi connectivity index (χ4n) is 1.00. The smallest absolute Gasteiger partial charge is 0.322 e. The zero-order valence-electron chi connectivity index (χ0n) is 6.89. The third-order valence-corrected chi connectivity index (χ3v) is 1.82. The lowest BCUT2D eigenvalue weighted by Gasteiger charge is -2.30. The van der Waals surface area contributed by atoms with Crippen molar-refractivity contribution in [2.24, 2.45) is 0 Å². The monoisotopic (exact) mass is 158 g/mol. The van der Waals surface area contributed by atoms with Gasteiger partial charge in [0.05, 0.1) is 7.11 Å². The van der Waals surface area contributed by atoms with Crippen LogP contribution in [0, 0.1) is 0 Å². The molecule has 1 saturated heterocycles. The van der Waals surface area contributed by atoms with Gasteiger partial charge in [0.2, 0.25) is 0 Å². The molecule has 2 N–H and O–H groups in total. The van der Waals surface area contributed by atoms with Crippen LogP contribution in [0.15, 0.2) is 0 Å². The van der Waals surface area contributed by atoms with Crippen LogP contribution >= 0.6 is 0 Å². The molecule has 1 fully saturated rings. The molecular weight excluding hydrogens is 144 g/mol. The van der Waals surface area contributed by atoms with Crippen molar-refractivity contribution in [1.29, 1.82) is 0 Å². The molecule has 0 saturated carbocycles. The number of methoxy groups -OCH3 is 1. The Morgan fingerprint density at radius 2 is 2.36 bits per heavy atom. The highest BCUT2D eigenvalue weighted by atomic mass is 16.5. The van der Waals surface area contributed by atoms with Gasteiger partial charge in [-0.3, -0.25) is 10.1 Å². The highest BCUT2D eigenvalue weighted by molar-refractivity contribution is 5.75. The van der Waals surface area contributed by atoms with Gasteiger partial charge in [0.1, 0.15) is 6.04 Å². The Morgan fingerprint density at radius 3 is 2.73 bits per heavy atom. The first-order valence-corrected chi connectivity index (χ1v) is 3.78. The van der Waals surface area contributed by atoms with E-state index in [-0.39, 0.29) is 12.0 Å². The molecule has 1 aliphatic heterocycles. The van der Waals surface area contributed by atoms with Crippen molar-refractivity contribution in [1.82, 2.24) is 10.6 Å². The zero-order valence-corrected chi connectivity index (χ0v) is 6.89. The predicted octanol–water partition coefficient (Wildman–Crippen LogP) is -0.891. The number of nitrogens with one attached hydrogen (secondary N) is 2. The third-order valence-electron chi connectivity index (χ3n) is 1.82. The van der Waals surface area contributed by atoms with Gasteiger partial charge in [0.15, 0.2) is 0 Å². The summed E-state index contributed by atoms with van der Waals surface area (Å²) < 4.78 is 4.56. The Hall–Kier alpha value is -0.610. The summed E-state index contributed by atoms with van der Waals surface area (Å²) in [7, 11) is 1.40. The number of carbonyl (C=O) groups is 1. The summed E-state index contributed by atoms with van der Waals surface area (Å²) in [4.78, 5) is 10.9. The molecule has 1 aliphatic rings. The minimum atomic E-state index is -0.197. The van der Waals surface area contributed by atoms with Gasteiger partial charge in [-0.15, -0.1) is 0 Å². The SMILES string of the molecule is COC(=O)C(C)NC1CNC1. The van der Waals surface area contributed by atoms with Crippen LogP contribution < -0.4 is 10.6 Å². The average Bonchev–Trinajstić information content (AvgIpc) is 1.94. The number of hydrogen-bond donors (Lipinski definition) is 2. The fourth-order valence-corrected chi connectivity index (χ4v) is 1.00. The summed E-state index contributed by atoms with van der Waals surface area (Å²) in [6, 6.07) is 0.246. The van der Waals surface area contributed by atoms with Crippen LogP contribution in [0.4, 0.5) is 0 Å². The van der Waals surface area contributed by atoms with E-state index < -0.39 is 0 Å². The lowest BCUT2D eigenvalue weighted by Crippen LogP contribution is -2.58. The van der Waals surface area contributed by atoms with Gasteiger partial charge in [-0.2, -0.15) is 0 Å². The molecule has 0 aromatic rings. The zero-order chi connectivity index (χ0) is 8.27. The number of hydrogen-bond acceptors (Lipinski definition) is 4. The second-order valence-corrected chi connectivity index (χ2v) is 2.77. The minimum absolute atomic E-state index is 0.188. The van der Waals surface area contributed by atoms with Gasteiger partial charge in [-0.1, -0.05) is 0 Å². The summed E-state index contributed by atoms with van der Waals surface area (Å²) in [5.74, 6) is -0.197. The predicted molar refractivity (Wildman–Crippen MR) is 41.3 cm³/mol.